The first-order valence-corrected chi connectivity index (χ1v) is 15.0. The number of carbonyl (C=O) groups is 2. The molecule has 4 aliphatic carbocycles. The van der Waals surface area contributed by atoms with Crippen LogP contribution in [0.2, 0.25) is 0 Å². The highest BCUT2D eigenvalue weighted by Crippen LogP contribution is 2.67. The van der Waals surface area contributed by atoms with Gasteiger partial charge in [0.05, 0.1) is 5.71 Å². The number of oxime groups is 1. The van der Waals surface area contributed by atoms with Crippen LogP contribution in [0.25, 0.3) is 0 Å². The van der Waals surface area contributed by atoms with E-state index in [2.05, 4.69) is 36.3 Å². The fourth-order valence-corrected chi connectivity index (χ4v) is 8.61. The number of allylic oxidation sites excluding steroid dienone is 2. The number of rotatable bonds is 8. The molecule has 0 aliphatic heterocycles. The number of nitrogens with zero attached hydrogens (tertiary/aromatic N) is 1. The van der Waals surface area contributed by atoms with E-state index in [4.69, 9.17) is 11.3 Å². The molecule has 1 aromatic carbocycles. The Kier molecular flexibility index (Phi) is 8.46. The average Bonchev–Trinajstić information content (AvgIpc) is 3.26. The summed E-state index contributed by atoms with van der Waals surface area (Å²) in [7, 11) is 0. The molecule has 0 heterocycles. The monoisotopic (exact) mass is 595 g/mol. The highest BCUT2D eigenvalue weighted by atomic mass is 16.8. The van der Waals surface area contributed by atoms with E-state index >= 15 is 0 Å². The number of aliphatic hydroxyl groups is 2. The normalized spacial score (nSPS) is 36.2. The largest absolute Gasteiger partial charge is 0.595 e. The molecule has 1 aromatic rings. The van der Waals surface area contributed by atoms with Crippen molar-refractivity contribution in [1.29, 1.82) is 0 Å². The molecule has 5 rings (SSSR count). The smallest absolute Gasteiger partial charge is 0.329 e. The van der Waals surface area contributed by atoms with Gasteiger partial charge in [0.25, 0.3) is 5.91 Å². The molecule has 0 spiro atoms. The summed E-state index contributed by atoms with van der Waals surface area (Å²) in [5.74, 6) is 1.91. The van der Waals surface area contributed by atoms with Gasteiger partial charge in [0, 0.05) is 17.5 Å². The lowest BCUT2D eigenvalue weighted by Crippen LogP contribution is -2.99. The number of nitrogens with one attached hydrogen (secondary N) is 2. The van der Waals surface area contributed by atoms with Crippen LogP contribution >= 0.6 is 0 Å². The van der Waals surface area contributed by atoms with Crippen LogP contribution < -0.4 is 10.5 Å². The van der Waals surface area contributed by atoms with E-state index in [0.29, 0.717) is 30.6 Å². The molecule has 6 N–H and O–H groups in total. The number of amides is 1. The molecular weight excluding hydrogens is 554 g/mol. The van der Waals surface area contributed by atoms with Gasteiger partial charge in [-0.2, -0.15) is 5.23 Å². The van der Waals surface area contributed by atoms with Crippen molar-refractivity contribution in [3.05, 3.63) is 46.7 Å². The molecular formula is C32H41N3O8. The van der Waals surface area contributed by atoms with Crippen LogP contribution in [0.4, 0.5) is 5.69 Å². The van der Waals surface area contributed by atoms with Gasteiger partial charge in [-0.1, -0.05) is 42.6 Å². The molecule has 1 amide bonds. The van der Waals surface area contributed by atoms with Gasteiger partial charge in [-0.15, -0.1) is 6.42 Å². The van der Waals surface area contributed by atoms with Crippen molar-refractivity contribution in [2.45, 2.75) is 83.0 Å². The summed E-state index contributed by atoms with van der Waals surface area (Å²) in [6.07, 6.45) is 13.3. The zero-order valence-corrected chi connectivity index (χ0v) is 24.6. The fourth-order valence-electron chi connectivity index (χ4n) is 8.61. The van der Waals surface area contributed by atoms with Crippen LogP contribution in [0.1, 0.15) is 76.9 Å². The van der Waals surface area contributed by atoms with E-state index in [1.807, 2.05) is 0 Å². The molecule has 11 nitrogen and oxygen atoms in total. The van der Waals surface area contributed by atoms with Crippen molar-refractivity contribution in [1.82, 2.24) is 5.32 Å². The predicted octanol–water partition coefficient (Wildman–Crippen LogP) is 2.39. The van der Waals surface area contributed by atoms with Crippen LogP contribution in [0, 0.1) is 46.1 Å². The molecule has 43 heavy (non-hydrogen) atoms. The van der Waals surface area contributed by atoms with E-state index < -0.39 is 41.5 Å². The Morgan fingerprint density at radius 3 is 2.65 bits per heavy atom. The molecule has 0 saturated heterocycles. The summed E-state index contributed by atoms with van der Waals surface area (Å²) in [5.41, 5.74) is 0.746. The second-order valence-electron chi connectivity index (χ2n) is 13.1. The SMILES string of the molecule is C#C[C@]1(O)CC[C@@H]2[C@H]3CCC4=CC(=NOCC(=O)N[C@@H](C(=O)O)[C@H](O)c5cccc([NH+]([O-])O)c5)CC[C@]4(C)[C@H]3CC[C@]21C. The first kappa shape index (κ1) is 31.2. The molecule has 232 valence electrons. The molecule has 0 aromatic heterocycles. The average molecular weight is 596 g/mol. The van der Waals surface area contributed by atoms with Gasteiger partial charge in [-0.05, 0) is 86.2 Å². The van der Waals surface area contributed by atoms with Crippen molar-refractivity contribution in [2.24, 2.45) is 33.7 Å². The fraction of sp³-hybridized carbons (Fsp3) is 0.594. The Morgan fingerprint density at radius 1 is 1.21 bits per heavy atom. The third kappa shape index (κ3) is 5.47. The number of benzene rings is 1. The van der Waals surface area contributed by atoms with E-state index in [0.717, 1.165) is 50.3 Å². The minimum absolute atomic E-state index is 0.0281. The maximum atomic E-state index is 12.5. The van der Waals surface area contributed by atoms with Gasteiger partial charge >= 0.3 is 5.97 Å². The Labute approximate surface area is 251 Å². The van der Waals surface area contributed by atoms with Gasteiger partial charge in [-0.3, -0.25) is 4.79 Å². The summed E-state index contributed by atoms with van der Waals surface area (Å²) in [6, 6.07) is 3.53. The van der Waals surface area contributed by atoms with Crippen molar-refractivity contribution in [3.8, 4) is 12.3 Å². The van der Waals surface area contributed by atoms with Crippen LogP contribution in [0.3, 0.4) is 0 Å². The lowest BCUT2D eigenvalue weighted by atomic mass is 9.46. The topological polar surface area (TPSA) is 176 Å². The van der Waals surface area contributed by atoms with E-state index in [-0.39, 0.29) is 22.1 Å². The minimum Gasteiger partial charge on any atom is -0.595 e. The summed E-state index contributed by atoms with van der Waals surface area (Å²) in [4.78, 5) is 29.6. The number of terminal acetylenes is 1. The molecule has 11 heteroatoms. The number of quaternary nitrogens is 1. The van der Waals surface area contributed by atoms with Gasteiger partial charge < -0.3 is 30.7 Å². The molecule has 3 saturated carbocycles. The first-order chi connectivity index (χ1) is 20.3. The first-order valence-electron chi connectivity index (χ1n) is 15.0. The molecule has 0 radical (unpaired) electrons. The quantitative estimate of drug-likeness (QED) is 0.196. The van der Waals surface area contributed by atoms with E-state index in [1.165, 1.54) is 23.8 Å². The highest BCUT2D eigenvalue weighted by molar-refractivity contribution is 5.96. The molecule has 0 bridgehead atoms. The number of aliphatic hydroxyl groups excluding tert-OH is 1. The highest BCUT2D eigenvalue weighted by Gasteiger charge is 2.63. The summed E-state index contributed by atoms with van der Waals surface area (Å²) < 4.78 is 0. The molecule has 4 aliphatic rings. The van der Waals surface area contributed by atoms with Gasteiger partial charge in [-0.25, -0.2) is 10.0 Å². The predicted molar refractivity (Wildman–Crippen MR) is 156 cm³/mol. The Balaban J connectivity index is 1.20. The second kappa shape index (κ2) is 11.7. The van der Waals surface area contributed by atoms with Crippen LogP contribution in [0.15, 0.2) is 41.1 Å². The summed E-state index contributed by atoms with van der Waals surface area (Å²) in [6.45, 7) is 3.98. The molecule has 3 fully saturated rings. The van der Waals surface area contributed by atoms with E-state index in [1.54, 1.807) is 0 Å². The number of carbonyl (C=O) groups excluding carboxylic acids is 1. The zero-order chi connectivity index (χ0) is 31.2. The van der Waals surface area contributed by atoms with Gasteiger partial charge in [0.2, 0.25) is 0 Å². The number of aliphatic carboxylic acids is 1. The maximum Gasteiger partial charge on any atom is 0.329 e. The van der Waals surface area contributed by atoms with Crippen LogP contribution in [-0.4, -0.2) is 56.4 Å². The van der Waals surface area contributed by atoms with Crippen LogP contribution in [-0.2, 0) is 14.4 Å². The van der Waals surface area contributed by atoms with Crippen molar-refractivity contribution < 1.29 is 40.2 Å². The van der Waals surface area contributed by atoms with Crippen LogP contribution in [0.5, 0.6) is 0 Å². The van der Waals surface area contributed by atoms with Crippen molar-refractivity contribution >= 4 is 23.3 Å². The number of carboxylic acid groups (broad SMARTS) is 1. The van der Waals surface area contributed by atoms with Crippen molar-refractivity contribution in [2.75, 3.05) is 6.61 Å². The Hall–Kier alpha value is -3.27. The lowest BCUT2D eigenvalue weighted by molar-refractivity contribution is -0.991. The maximum absolute atomic E-state index is 12.5. The Bertz CT molecular complexity index is 1370. The number of hydrogen-bond acceptors (Lipinski definition) is 8. The number of carboxylic acids is 1. The summed E-state index contributed by atoms with van der Waals surface area (Å²) in [5, 5.41) is 57.0. The van der Waals surface area contributed by atoms with E-state index in [9.17, 15) is 35.3 Å². The zero-order valence-electron chi connectivity index (χ0n) is 24.6. The molecule has 1 unspecified atom stereocenters. The minimum atomic E-state index is -1.71. The third-order valence-electron chi connectivity index (χ3n) is 11.1. The number of fused-ring (bicyclic) bond motifs is 5. The molecule has 9 atom stereocenters. The standard InChI is InChI=1S/C32H41N3O8/c1-4-32(40)15-12-25-23-9-8-20-17-21(10-13-30(20,2)24(23)11-14-31(25,32)3)34-43-18-26(36)33-27(29(38)39)28(37)19-6-5-7-22(16-19)35(41)42/h1,5-7,16-17,23-25,27-28,35,37,40-41H,8-15,18H2,2-3H3,(H,33,36)(H,38,39)/t23-,24-,25+,27+,28+,30-,31+,32-/m0/s1. The second-order valence-corrected chi connectivity index (χ2v) is 13.1. The third-order valence-corrected chi connectivity index (χ3v) is 11.1. The lowest BCUT2D eigenvalue weighted by Gasteiger charge is -2.58. The van der Waals surface area contributed by atoms with Gasteiger partial charge in [0.1, 0.15) is 11.7 Å². The van der Waals surface area contributed by atoms with Crippen molar-refractivity contribution in [3.63, 3.8) is 0 Å². The summed E-state index contributed by atoms with van der Waals surface area (Å²) >= 11 is 0. The van der Waals surface area contributed by atoms with Gasteiger partial charge in [0.15, 0.2) is 18.3 Å². The Morgan fingerprint density at radius 2 is 1.95 bits per heavy atom. The number of hydrogen-bond donors (Lipinski definition) is 6.